The zero-order valence-electron chi connectivity index (χ0n) is 37.3. The average Bonchev–Trinajstić information content (AvgIpc) is 3.21. The molecule has 2 atom stereocenters. The molecule has 0 saturated carbocycles. The van der Waals surface area contributed by atoms with Gasteiger partial charge in [-0.25, -0.2) is 4.79 Å². The minimum Gasteiger partial charge on any atom is -0.480 e. The lowest BCUT2D eigenvalue weighted by Crippen LogP contribution is -2.47. The van der Waals surface area contributed by atoms with E-state index in [1.807, 2.05) is 0 Å². The van der Waals surface area contributed by atoms with Gasteiger partial charge in [-0.15, -0.1) is 0 Å². The lowest BCUT2D eigenvalue weighted by atomic mass is 10.0. The summed E-state index contributed by atoms with van der Waals surface area (Å²) in [4.78, 5) is 47.7. The minimum absolute atomic E-state index is 0.0482. The SMILES string of the molecule is CCCCC/C=C\C/C=C\CCCCCCCCCC(=O)OC(CCC/C=C\CCCCCCCCCC)CCCCCCCC(=O)NCC(=O)NC(CO)C(=O)O. The Labute approximate surface area is 355 Å². The van der Waals surface area contributed by atoms with E-state index in [1.165, 1.54) is 116 Å². The van der Waals surface area contributed by atoms with E-state index in [-0.39, 0.29) is 30.9 Å². The lowest BCUT2D eigenvalue weighted by molar-refractivity contribution is -0.150. The lowest BCUT2D eigenvalue weighted by Gasteiger charge is -2.18. The quantitative estimate of drug-likeness (QED) is 0.0273. The fraction of sp³-hybridized carbons (Fsp3) is 0.796. The first-order valence-electron chi connectivity index (χ1n) is 23.9. The van der Waals surface area contributed by atoms with Crippen LogP contribution in [0.3, 0.4) is 0 Å². The maximum Gasteiger partial charge on any atom is 0.328 e. The Morgan fingerprint density at radius 3 is 1.50 bits per heavy atom. The number of carboxylic acids is 1. The van der Waals surface area contributed by atoms with Gasteiger partial charge < -0.3 is 25.6 Å². The van der Waals surface area contributed by atoms with Crippen LogP contribution in [0.5, 0.6) is 0 Å². The summed E-state index contributed by atoms with van der Waals surface area (Å²) < 4.78 is 6.03. The summed E-state index contributed by atoms with van der Waals surface area (Å²) >= 11 is 0. The molecule has 58 heavy (non-hydrogen) atoms. The molecule has 0 aromatic heterocycles. The fourth-order valence-electron chi connectivity index (χ4n) is 6.92. The molecule has 0 aliphatic heterocycles. The van der Waals surface area contributed by atoms with E-state index >= 15 is 0 Å². The molecule has 0 saturated heterocycles. The van der Waals surface area contributed by atoms with Crippen LogP contribution >= 0.6 is 0 Å². The van der Waals surface area contributed by atoms with Gasteiger partial charge in [0.15, 0.2) is 0 Å². The van der Waals surface area contributed by atoms with Crippen LogP contribution in [0.1, 0.15) is 226 Å². The van der Waals surface area contributed by atoms with Crippen LogP contribution < -0.4 is 10.6 Å². The highest BCUT2D eigenvalue weighted by atomic mass is 16.5. The molecule has 0 aromatic rings. The van der Waals surface area contributed by atoms with Gasteiger partial charge in [0.1, 0.15) is 12.1 Å². The number of rotatable bonds is 43. The summed E-state index contributed by atoms with van der Waals surface area (Å²) in [6.07, 6.45) is 50.3. The second kappa shape index (κ2) is 43.6. The Kier molecular flexibility index (Phi) is 41.4. The number of aliphatic hydroxyl groups is 1. The molecule has 0 radical (unpaired) electrons. The number of carbonyl (C=O) groups is 4. The first-order chi connectivity index (χ1) is 28.3. The summed E-state index contributed by atoms with van der Waals surface area (Å²) in [5, 5.41) is 22.6. The molecular weight excluding hydrogens is 729 g/mol. The van der Waals surface area contributed by atoms with Crippen LogP contribution in [-0.4, -0.2) is 59.3 Å². The first-order valence-corrected chi connectivity index (χ1v) is 23.9. The molecule has 0 fully saturated rings. The summed E-state index contributed by atoms with van der Waals surface area (Å²) in [5.41, 5.74) is 0. The van der Waals surface area contributed by atoms with Crippen molar-refractivity contribution in [3.63, 3.8) is 0 Å². The molecule has 336 valence electrons. The van der Waals surface area contributed by atoms with E-state index in [0.717, 1.165) is 77.0 Å². The summed E-state index contributed by atoms with van der Waals surface area (Å²) in [5.74, 6) is -2.31. The molecule has 2 unspecified atom stereocenters. The van der Waals surface area contributed by atoms with Gasteiger partial charge in [0.05, 0.1) is 13.2 Å². The second-order valence-corrected chi connectivity index (χ2v) is 16.2. The summed E-state index contributed by atoms with van der Waals surface area (Å²) in [7, 11) is 0. The van der Waals surface area contributed by atoms with Crippen molar-refractivity contribution < 1.29 is 34.1 Å². The zero-order chi connectivity index (χ0) is 42.6. The van der Waals surface area contributed by atoms with E-state index in [4.69, 9.17) is 14.9 Å². The van der Waals surface area contributed by atoms with Crippen molar-refractivity contribution in [1.29, 1.82) is 0 Å². The van der Waals surface area contributed by atoms with Crippen molar-refractivity contribution >= 4 is 23.8 Å². The number of nitrogens with one attached hydrogen (secondary N) is 2. The average molecular weight is 817 g/mol. The third-order valence-corrected chi connectivity index (χ3v) is 10.6. The van der Waals surface area contributed by atoms with Gasteiger partial charge in [-0.3, -0.25) is 14.4 Å². The highest BCUT2D eigenvalue weighted by Crippen LogP contribution is 2.18. The number of aliphatic carboxylic acids is 1. The van der Waals surface area contributed by atoms with E-state index in [9.17, 15) is 19.2 Å². The number of allylic oxidation sites excluding steroid dienone is 6. The van der Waals surface area contributed by atoms with Crippen LogP contribution in [0.15, 0.2) is 36.5 Å². The molecule has 9 nitrogen and oxygen atoms in total. The molecular formula is C49H88N2O7. The number of aliphatic hydroxyl groups excluding tert-OH is 1. The van der Waals surface area contributed by atoms with Gasteiger partial charge in [0, 0.05) is 12.8 Å². The van der Waals surface area contributed by atoms with Gasteiger partial charge in [0.2, 0.25) is 11.8 Å². The molecule has 0 heterocycles. The van der Waals surface area contributed by atoms with Crippen LogP contribution in [0, 0.1) is 0 Å². The molecule has 0 aliphatic rings. The maximum atomic E-state index is 12.8. The second-order valence-electron chi connectivity index (χ2n) is 16.2. The zero-order valence-corrected chi connectivity index (χ0v) is 37.3. The third kappa shape index (κ3) is 39.9. The summed E-state index contributed by atoms with van der Waals surface area (Å²) in [6.45, 7) is 3.46. The molecule has 0 bridgehead atoms. The van der Waals surface area contributed by atoms with Crippen molar-refractivity contribution in [1.82, 2.24) is 10.6 Å². The number of hydrogen-bond donors (Lipinski definition) is 4. The monoisotopic (exact) mass is 817 g/mol. The van der Waals surface area contributed by atoms with Crippen molar-refractivity contribution in [2.75, 3.05) is 13.2 Å². The van der Waals surface area contributed by atoms with E-state index < -0.39 is 24.5 Å². The molecule has 0 rings (SSSR count). The van der Waals surface area contributed by atoms with E-state index in [1.54, 1.807) is 0 Å². The van der Waals surface area contributed by atoms with Gasteiger partial charge in [-0.1, -0.05) is 159 Å². The van der Waals surface area contributed by atoms with Crippen molar-refractivity contribution in [2.24, 2.45) is 0 Å². The number of carbonyl (C=O) groups excluding carboxylic acids is 3. The number of hydrogen-bond acceptors (Lipinski definition) is 6. The number of carboxylic acid groups (broad SMARTS) is 1. The standard InChI is InChI=1S/C49H88N2O7/c1-3-5-7-9-11-13-15-17-18-19-20-22-24-26-28-33-37-41-48(55)58-44(38-34-30-27-25-23-21-16-14-12-10-8-6-4-2)39-35-31-29-32-36-40-46(53)50-42-47(54)51-45(43-52)49(56)57/h11,13,17-18,25,27,44-45,52H,3-10,12,14-16,19-24,26,28-43H2,1-2H3,(H,50,53)(H,51,54)(H,56,57)/b13-11-,18-17-,27-25-. The largest absolute Gasteiger partial charge is 0.480 e. The molecule has 4 N–H and O–H groups in total. The third-order valence-electron chi connectivity index (χ3n) is 10.6. The van der Waals surface area contributed by atoms with Crippen LogP contribution in [0.25, 0.3) is 0 Å². The molecule has 0 aromatic carbocycles. The van der Waals surface area contributed by atoms with Crippen LogP contribution in [-0.2, 0) is 23.9 Å². The Hall–Kier alpha value is -2.94. The van der Waals surface area contributed by atoms with Gasteiger partial charge in [-0.05, 0) is 89.9 Å². The Morgan fingerprint density at radius 1 is 0.517 bits per heavy atom. The topological polar surface area (TPSA) is 142 Å². The highest BCUT2D eigenvalue weighted by molar-refractivity contribution is 5.87. The summed E-state index contributed by atoms with van der Waals surface area (Å²) in [6, 6.07) is -1.38. The normalized spacial score (nSPS) is 12.7. The van der Waals surface area contributed by atoms with Crippen molar-refractivity contribution in [3.8, 4) is 0 Å². The Balaban J connectivity index is 4.34. The van der Waals surface area contributed by atoms with E-state index in [2.05, 4.69) is 60.9 Å². The van der Waals surface area contributed by atoms with E-state index in [0.29, 0.717) is 12.8 Å². The molecule has 9 heteroatoms. The van der Waals surface area contributed by atoms with Gasteiger partial charge in [0.25, 0.3) is 0 Å². The predicted molar refractivity (Wildman–Crippen MR) is 241 cm³/mol. The fourth-order valence-corrected chi connectivity index (χ4v) is 6.92. The van der Waals surface area contributed by atoms with Crippen molar-refractivity contribution in [3.05, 3.63) is 36.5 Å². The van der Waals surface area contributed by atoms with Crippen molar-refractivity contribution in [2.45, 2.75) is 238 Å². The number of unbranched alkanes of at least 4 members (excludes halogenated alkanes) is 23. The molecule has 0 spiro atoms. The first kappa shape index (κ1) is 55.1. The van der Waals surface area contributed by atoms with Crippen LogP contribution in [0.2, 0.25) is 0 Å². The number of ether oxygens (including phenoxy) is 1. The Morgan fingerprint density at radius 2 is 0.948 bits per heavy atom. The smallest absolute Gasteiger partial charge is 0.328 e. The minimum atomic E-state index is -1.38. The Bertz CT molecular complexity index is 1070. The number of esters is 1. The predicted octanol–water partition coefficient (Wildman–Crippen LogP) is 12.2. The molecule has 2 amide bonds. The number of amides is 2. The molecule has 0 aliphatic carbocycles. The van der Waals surface area contributed by atoms with Crippen LogP contribution in [0.4, 0.5) is 0 Å². The van der Waals surface area contributed by atoms with Gasteiger partial charge in [-0.2, -0.15) is 0 Å². The van der Waals surface area contributed by atoms with Gasteiger partial charge >= 0.3 is 11.9 Å². The maximum absolute atomic E-state index is 12.8. The highest BCUT2D eigenvalue weighted by Gasteiger charge is 2.19.